The number of ether oxygens (including phenoxy) is 1. The van der Waals surface area contributed by atoms with E-state index in [9.17, 15) is 19.1 Å². The number of carbonyl (C=O) groups is 2. The van der Waals surface area contributed by atoms with Crippen LogP contribution in [0.2, 0.25) is 5.02 Å². The summed E-state index contributed by atoms with van der Waals surface area (Å²) in [5, 5.41) is 12.6. The molecule has 1 amide bonds. The molecular formula is C28H22ClFN2O4. The van der Waals surface area contributed by atoms with Crippen molar-refractivity contribution in [2.24, 2.45) is 0 Å². The first-order chi connectivity index (χ1) is 17.3. The van der Waals surface area contributed by atoms with Crippen LogP contribution in [0.4, 0.5) is 4.39 Å². The summed E-state index contributed by atoms with van der Waals surface area (Å²) in [6.45, 7) is 1.89. The number of Topliss-reactive ketones (excluding diaryl/α,β-unsaturated/α-hetero) is 1. The molecule has 1 atom stereocenters. The fourth-order valence-electron chi connectivity index (χ4n) is 4.79. The first-order valence-electron chi connectivity index (χ1n) is 11.2. The molecule has 0 radical (unpaired) electrons. The van der Waals surface area contributed by atoms with E-state index in [2.05, 4.69) is 4.98 Å². The van der Waals surface area contributed by atoms with Crippen LogP contribution in [0, 0.1) is 12.7 Å². The van der Waals surface area contributed by atoms with Crippen LogP contribution in [0.5, 0.6) is 5.75 Å². The Morgan fingerprint density at radius 1 is 1.11 bits per heavy atom. The largest absolute Gasteiger partial charge is 0.507 e. The Bertz CT molecular complexity index is 1540. The molecule has 0 saturated carbocycles. The number of H-pyrrole nitrogens is 1. The van der Waals surface area contributed by atoms with Gasteiger partial charge in [-0.15, -0.1) is 0 Å². The van der Waals surface area contributed by atoms with Crippen molar-refractivity contribution in [3.63, 3.8) is 0 Å². The standard InChI is InChI=1S/C28H22ClFN2O4/c1-15-23(19-5-3-4-6-21(19)31-15)25-24(26(33)20-13-17(29)9-12-22(20)36-2)27(34)28(35)32(25)14-16-7-10-18(30)11-8-16/h3-13,25,31,33H,14H2,1-2H3/b26-24+. The molecule has 2 N–H and O–H groups in total. The molecule has 1 unspecified atom stereocenters. The minimum Gasteiger partial charge on any atom is -0.507 e. The number of aliphatic hydroxyl groups excluding tert-OH is 1. The third-order valence-electron chi connectivity index (χ3n) is 6.44. The molecule has 1 aromatic heterocycles. The van der Waals surface area contributed by atoms with Crippen molar-refractivity contribution in [3.05, 3.63) is 106 Å². The molecule has 36 heavy (non-hydrogen) atoms. The number of aryl methyl sites for hydroxylation is 1. The van der Waals surface area contributed by atoms with E-state index in [1.54, 1.807) is 24.3 Å². The Morgan fingerprint density at radius 2 is 1.83 bits per heavy atom. The number of benzene rings is 3. The molecule has 1 aliphatic rings. The predicted octanol–water partition coefficient (Wildman–Crippen LogP) is 5.90. The van der Waals surface area contributed by atoms with Gasteiger partial charge in [0.05, 0.1) is 24.3 Å². The molecule has 5 rings (SSSR count). The van der Waals surface area contributed by atoms with E-state index >= 15 is 0 Å². The lowest BCUT2D eigenvalue weighted by Crippen LogP contribution is -2.29. The minimum atomic E-state index is -0.908. The number of nitrogens with one attached hydrogen (secondary N) is 1. The molecule has 2 heterocycles. The van der Waals surface area contributed by atoms with Gasteiger partial charge in [0.15, 0.2) is 0 Å². The lowest BCUT2D eigenvalue weighted by atomic mass is 9.93. The second kappa shape index (κ2) is 9.17. The van der Waals surface area contributed by atoms with Gasteiger partial charge in [0.1, 0.15) is 17.3 Å². The Hall–Kier alpha value is -4.10. The second-order valence-electron chi connectivity index (χ2n) is 8.61. The van der Waals surface area contributed by atoms with Crippen LogP contribution < -0.4 is 4.74 Å². The van der Waals surface area contributed by atoms with Gasteiger partial charge in [0.25, 0.3) is 11.7 Å². The topological polar surface area (TPSA) is 82.6 Å². The third kappa shape index (κ3) is 3.91. The number of ketones is 1. The molecular weight excluding hydrogens is 483 g/mol. The van der Waals surface area contributed by atoms with Crippen LogP contribution in [-0.4, -0.2) is 33.8 Å². The summed E-state index contributed by atoms with van der Waals surface area (Å²) in [6.07, 6.45) is 0. The zero-order valence-corrected chi connectivity index (χ0v) is 20.3. The van der Waals surface area contributed by atoms with E-state index in [4.69, 9.17) is 16.3 Å². The summed E-state index contributed by atoms with van der Waals surface area (Å²) >= 11 is 6.19. The third-order valence-corrected chi connectivity index (χ3v) is 6.67. The smallest absolute Gasteiger partial charge is 0.295 e. The Kier molecular flexibility index (Phi) is 6.02. The van der Waals surface area contributed by atoms with E-state index in [1.807, 2.05) is 31.2 Å². The van der Waals surface area contributed by atoms with Gasteiger partial charge >= 0.3 is 0 Å². The molecule has 4 aromatic rings. The molecule has 6 nitrogen and oxygen atoms in total. The number of halogens is 2. The zero-order chi connectivity index (χ0) is 25.6. The number of methoxy groups -OCH3 is 1. The normalized spacial score (nSPS) is 17.2. The number of rotatable bonds is 5. The first kappa shape index (κ1) is 23.6. The molecule has 1 fully saturated rings. The maximum atomic E-state index is 13.5. The molecule has 182 valence electrons. The second-order valence-corrected chi connectivity index (χ2v) is 9.04. The van der Waals surface area contributed by atoms with Gasteiger partial charge in [0.2, 0.25) is 0 Å². The summed E-state index contributed by atoms with van der Waals surface area (Å²) in [7, 11) is 1.44. The summed E-state index contributed by atoms with van der Waals surface area (Å²) in [6, 6.07) is 17.0. The number of amides is 1. The van der Waals surface area contributed by atoms with Crippen LogP contribution in [0.1, 0.15) is 28.4 Å². The number of fused-ring (bicyclic) bond motifs is 1. The Balaban J connectivity index is 1.76. The number of para-hydroxylation sites is 1. The monoisotopic (exact) mass is 504 g/mol. The lowest BCUT2D eigenvalue weighted by molar-refractivity contribution is -0.140. The van der Waals surface area contributed by atoms with E-state index in [1.165, 1.54) is 30.2 Å². The van der Waals surface area contributed by atoms with Crippen molar-refractivity contribution >= 4 is 40.0 Å². The van der Waals surface area contributed by atoms with Crippen molar-refractivity contribution in [3.8, 4) is 5.75 Å². The molecule has 1 saturated heterocycles. The maximum Gasteiger partial charge on any atom is 0.295 e. The van der Waals surface area contributed by atoms with Gasteiger partial charge in [-0.25, -0.2) is 4.39 Å². The number of aromatic amines is 1. The van der Waals surface area contributed by atoms with Crippen molar-refractivity contribution in [2.45, 2.75) is 19.5 Å². The minimum absolute atomic E-state index is 0.0396. The highest BCUT2D eigenvalue weighted by molar-refractivity contribution is 6.46. The number of carbonyl (C=O) groups excluding carboxylic acids is 2. The first-order valence-corrected chi connectivity index (χ1v) is 11.6. The molecule has 8 heteroatoms. The summed E-state index contributed by atoms with van der Waals surface area (Å²) in [5.41, 5.74) is 3.03. The van der Waals surface area contributed by atoms with Crippen LogP contribution in [0.25, 0.3) is 16.7 Å². The van der Waals surface area contributed by atoms with Gasteiger partial charge in [-0.3, -0.25) is 9.59 Å². The molecule has 0 spiro atoms. The number of aromatic nitrogens is 1. The van der Waals surface area contributed by atoms with Gasteiger partial charge in [0, 0.05) is 33.7 Å². The fourth-order valence-corrected chi connectivity index (χ4v) is 4.96. The lowest BCUT2D eigenvalue weighted by Gasteiger charge is -2.26. The van der Waals surface area contributed by atoms with Gasteiger partial charge < -0.3 is 19.7 Å². The van der Waals surface area contributed by atoms with Crippen molar-refractivity contribution in [1.82, 2.24) is 9.88 Å². The predicted molar refractivity (Wildman–Crippen MR) is 135 cm³/mol. The van der Waals surface area contributed by atoms with E-state index in [-0.39, 0.29) is 23.4 Å². The highest BCUT2D eigenvalue weighted by atomic mass is 35.5. The number of aliphatic hydroxyl groups is 1. The Labute approximate surface area is 211 Å². The van der Waals surface area contributed by atoms with Crippen molar-refractivity contribution in [1.29, 1.82) is 0 Å². The molecule has 0 aliphatic carbocycles. The van der Waals surface area contributed by atoms with Gasteiger partial charge in [-0.1, -0.05) is 41.9 Å². The molecule has 1 aliphatic heterocycles. The van der Waals surface area contributed by atoms with Crippen LogP contribution in [0.3, 0.4) is 0 Å². The Morgan fingerprint density at radius 3 is 2.56 bits per heavy atom. The quantitative estimate of drug-likeness (QED) is 0.201. The summed E-state index contributed by atoms with van der Waals surface area (Å²) in [4.78, 5) is 31.6. The van der Waals surface area contributed by atoms with Gasteiger partial charge in [-0.05, 0) is 48.9 Å². The van der Waals surface area contributed by atoms with Gasteiger partial charge in [-0.2, -0.15) is 0 Å². The molecule has 0 bridgehead atoms. The van der Waals surface area contributed by atoms with E-state index in [0.29, 0.717) is 21.9 Å². The summed E-state index contributed by atoms with van der Waals surface area (Å²) in [5.74, 6) is -2.08. The van der Waals surface area contributed by atoms with Crippen LogP contribution >= 0.6 is 11.6 Å². The number of hydrogen-bond donors (Lipinski definition) is 2. The number of hydrogen-bond acceptors (Lipinski definition) is 4. The molecule has 3 aromatic carbocycles. The SMILES string of the molecule is COc1ccc(Cl)cc1/C(O)=C1\C(=O)C(=O)N(Cc2ccc(F)cc2)C1c1c(C)[nH]c2ccccc12. The summed E-state index contributed by atoms with van der Waals surface area (Å²) < 4.78 is 18.9. The van der Waals surface area contributed by atoms with E-state index in [0.717, 1.165) is 16.6 Å². The fraction of sp³-hybridized carbons (Fsp3) is 0.143. The highest BCUT2D eigenvalue weighted by Gasteiger charge is 2.47. The number of nitrogens with zero attached hydrogens (tertiary/aromatic N) is 1. The van der Waals surface area contributed by atoms with Crippen LogP contribution in [0.15, 0.2) is 72.3 Å². The van der Waals surface area contributed by atoms with Crippen molar-refractivity contribution in [2.75, 3.05) is 7.11 Å². The number of likely N-dealkylation sites (tertiary alicyclic amines) is 1. The average molecular weight is 505 g/mol. The maximum absolute atomic E-state index is 13.5. The van der Waals surface area contributed by atoms with Crippen LogP contribution in [-0.2, 0) is 16.1 Å². The van der Waals surface area contributed by atoms with Crippen molar-refractivity contribution < 1.29 is 23.8 Å². The average Bonchev–Trinajstić information content (AvgIpc) is 3.32. The zero-order valence-electron chi connectivity index (χ0n) is 19.5. The van der Waals surface area contributed by atoms with E-state index < -0.39 is 23.5 Å². The highest BCUT2D eigenvalue weighted by Crippen LogP contribution is 2.45.